The van der Waals surface area contributed by atoms with Crippen molar-refractivity contribution in [2.24, 2.45) is 5.73 Å². The fraction of sp³-hybridized carbons (Fsp3) is 0.154. The lowest BCUT2D eigenvalue weighted by Crippen LogP contribution is -2.43. The number of carbonyl (C=O) groups is 1. The van der Waals surface area contributed by atoms with Crippen molar-refractivity contribution in [3.8, 4) is 11.3 Å². The highest BCUT2D eigenvalue weighted by Crippen LogP contribution is 2.34. The molecule has 37 heavy (non-hydrogen) atoms. The summed E-state index contributed by atoms with van der Waals surface area (Å²) in [7, 11) is 0. The summed E-state index contributed by atoms with van der Waals surface area (Å²) in [5.41, 5.74) is 8.01. The first-order valence-electron chi connectivity index (χ1n) is 11.2. The number of nitrogens with one attached hydrogen (secondary N) is 1. The molecule has 0 radical (unpaired) electrons. The largest absolute Gasteiger partial charge is 0.340 e. The number of benzene rings is 3. The number of rotatable bonds is 5. The molecular formula is C26H23F4N5OS. The van der Waals surface area contributed by atoms with E-state index in [4.69, 9.17) is 5.73 Å². The fourth-order valence-corrected chi connectivity index (χ4v) is 4.18. The predicted molar refractivity (Wildman–Crippen MR) is 136 cm³/mol. The van der Waals surface area contributed by atoms with E-state index in [1.165, 1.54) is 42.5 Å². The molecule has 1 amide bonds. The Morgan fingerprint density at radius 1 is 0.892 bits per heavy atom. The number of halogens is 4. The smallest absolute Gasteiger partial charge is 0.244 e. The maximum Gasteiger partial charge on any atom is 0.244 e. The average molecular weight is 530 g/mol. The third kappa shape index (κ3) is 5.32. The van der Waals surface area contributed by atoms with Crippen molar-refractivity contribution in [2.45, 2.75) is 19.1 Å². The summed E-state index contributed by atoms with van der Waals surface area (Å²) in [6.45, 7) is 0.797. The maximum atomic E-state index is 13.8. The Labute approximate surface area is 217 Å². The quantitative estimate of drug-likeness (QED) is 0.357. The molecule has 0 bridgehead atoms. The fourth-order valence-electron chi connectivity index (χ4n) is 4.18. The number of aromatic nitrogens is 2. The van der Waals surface area contributed by atoms with Crippen LogP contribution in [0.2, 0.25) is 0 Å². The van der Waals surface area contributed by atoms with E-state index in [0.717, 1.165) is 12.1 Å². The van der Waals surface area contributed by atoms with Crippen LogP contribution in [0.1, 0.15) is 17.4 Å². The van der Waals surface area contributed by atoms with Crippen LogP contribution in [0.3, 0.4) is 0 Å². The molecule has 2 heterocycles. The highest BCUT2D eigenvalue weighted by atomic mass is 32.1. The Morgan fingerprint density at radius 3 is 2.19 bits per heavy atom. The molecule has 11 heteroatoms. The summed E-state index contributed by atoms with van der Waals surface area (Å²) in [6, 6.07) is 13.6. The van der Waals surface area contributed by atoms with Gasteiger partial charge in [0.2, 0.25) is 5.91 Å². The van der Waals surface area contributed by atoms with E-state index < -0.39 is 29.3 Å². The van der Waals surface area contributed by atoms with Crippen LogP contribution in [0.25, 0.3) is 11.3 Å². The van der Waals surface area contributed by atoms with Gasteiger partial charge in [-0.15, -0.1) is 0 Å². The third-order valence-corrected chi connectivity index (χ3v) is 6.08. The van der Waals surface area contributed by atoms with Crippen molar-refractivity contribution in [1.82, 2.24) is 14.5 Å². The van der Waals surface area contributed by atoms with Gasteiger partial charge in [0.05, 0.1) is 6.54 Å². The molecule has 0 spiro atoms. The van der Waals surface area contributed by atoms with E-state index >= 15 is 0 Å². The normalized spacial score (nSPS) is 13.5. The lowest BCUT2D eigenvalue weighted by atomic mass is 10.1. The van der Waals surface area contributed by atoms with Gasteiger partial charge in [-0.2, -0.15) is 13.5 Å². The third-order valence-electron chi connectivity index (χ3n) is 6.08. The van der Waals surface area contributed by atoms with Gasteiger partial charge in [-0.3, -0.25) is 4.79 Å². The number of anilines is 2. The molecule has 0 saturated heterocycles. The van der Waals surface area contributed by atoms with Crippen molar-refractivity contribution >= 4 is 30.9 Å². The SMILES string of the molecule is N[C@H](C(=O)N1CCn2c(nc(-c3ccc(F)cc3)c2Nc2ccc(F)c(F)c2)C1)c1ccc(F)cc1.S. The number of amides is 1. The van der Waals surface area contributed by atoms with Gasteiger partial charge in [0.1, 0.15) is 35.0 Å². The van der Waals surface area contributed by atoms with Gasteiger partial charge < -0.3 is 20.5 Å². The minimum absolute atomic E-state index is 0. The molecule has 6 nitrogen and oxygen atoms in total. The van der Waals surface area contributed by atoms with Crippen molar-refractivity contribution in [1.29, 1.82) is 0 Å². The molecule has 1 aliphatic heterocycles. The second-order valence-electron chi connectivity index (χ2n) is 8.43. The van der Waals surface area contributed by atoms with Gasteiger partial charge in [-0.05, 0) is 54.1 Å². The van der Waals surface area contributed by atoms with Crippen LogP contribution in [0.5, 0.6) is 0 Å². The van der Waals surface area contributed by atoms with E-state index in [-0.39, 0.29) is 25.9 Å². The molecule has 1 aromatic heterocycles. The molecule has 0 aliphatic carbocycles. The first-order valence-corrected chi connectivity index (χ1v) is 11.2. The monoisotopic (exact) mass is 529 g/mol. The molecule has 0 fully saturated rings. The zero-order valence-corrected chi connectivity index (χ0v) is 20.4. The lowest BCUT2D eigenvalue weighted by Gasteiger charge is -2.30. The van der Waals surface area contributed by atoms with Crippen LogP contribution in [0.15, 0.2) is 66.7 Å². The summed E-state index contributed by atoms with van der Waals surface area (Å²) < 4.78 is 55.9. The van der Waals surface area contributed by atoms with Crippen LogP contribution >= 0.6 is 13.5 Å². The Kier molecular flexibility index (Phi) is 7.55. The first kappa shape index (κ1) is 26.2. The Bertz CT molecular complexity index is 1430. The predicted octanol–water partition coefficient (Wildman–Crippen LogP) is 5.01. The molecular weight excluding hydrogens is 506 g/mol. The lowest BCUT2D eigenvalue weighted by molar-refractivity contribution is -0.134. The highest BCUT2D eigenvalue weighted by Gasteiger charge is 2.30. The molecule has 4 aromatic rings. The van der Waals surface area contributed by atoms with Gasteiger partial charge in [-0.1, -0.05) is 12.1 Å². The summed E-state index contributed by atoms with van der Waals surface area (Å²) in [6.07, 6.45) is 0. The number of fused-ring (bicyclic) bond motifs is 1. The molecule has 3 aromatic carbocycles. The molecule has 1 aliphatic rings. The second kappa shape index (κ2) is 10.7. The molecule has 5 rings (SSSR count). The van der Waals surface area contributed by atoms with Crippen molar-refractivity contribution < 1.29 is 22.4 Å². The van der Waals surface area contributed by atoms with Crippen LogP contribution in [0, 0.1) is 23.3 Å². The molecule has 192 valence electrons. The van der Waals surface area contributed by atoms with Crippen molar-refractivity contribution in [2.75, 3.05) is 11.9 Å². The summed E-state index contributed by atoms with van der Waals surface area (Å²) >= 11 is 0. The van der Waals surface area contributed by atoms with E-state index in [9.17, 15) is 22.4 Å². The Balaban J connectivity index is 0.00000320. The highest BCUT2D eigenvalue weighted by molar-refractivity contribution is 7.59. The standard InChI is InChI=1S/C26H21F4N5O.H2S/c27-17-5-1-15(2-6-17)23(31)26(36)34-11-12-35-22(14-34)33-24(16-3-7-18(28)8-4-16)25(35)32-19-9-10-20(29)21(30)13-19;/h1-10,13,23,32H,11-12,14,31H2;1H2/t23-;/m0./s1. The first-order chi connectivity index (χ1) is 17.3. The number of hydrogen-bond acceptors (Lipinski definition) is 4. The van der Waals surface area contributed by atoms with Crippen LogP contribution in [-0.2, 0) is 17.9 Å². The number of hydrogen-bond donors (Lipinski definition) is 2. The number of carbonyl (C=O) groups excluding carboxylic acids is 1. The molecule has 3 N–H and O–H groups in total. The van der Waals surface area contributed by atoms with Crippen LogP contribution in [-0.4, -0.2) is 26.9 Å². The van der Waals surface area contributed by atoms with Crippen LogP contribution in [0.4, 0.5) is 29.1 Å². The zero-order chi connectivity index (χ0) is 25.4. The zero-order valence-electron chi connectivity index (χ0n) is 19.4. The summed E-state index contributed by atoms with van der Waals surface area (Å²) in [5.74, 6) is -2.12. The minimum Gasteiger partial charge on any atom is -0.340 e. The van der Waals surface area contributed by atoms with Gasteiger partial charge >= 0.3 is 0 Å². The van der Waals surface area contributed by atoms with Gasteiger partial charge in [0, 0.05) is 30.4 Å². The topological polar surface area (TPSA) is 76.2 Å². The summed E-state index contributed by atoms with van der Waals surface area (Å²) in [4.78, 5) is 19.3. The van der Waals surface area contributed by atoms with Crippen molar-refractivity contribution in [3.05, 3.63) is 101 Å². The van der Waals surface area contributed by atoms with Crippen LogP contribution < -0.4 is 11.1 Å². The summed E-state index contributed by atoms with van der Waals surface area (Å²) in [5, 5.41) is 3.10. The van der Waals surface area contributed by atoms with Gasteiger partial charge in [-0.25, -0.2) is 22.5 Å². The van der Waals surface area contributed by atoms with E-state index in [2.05, 4.69) is 10.3 Å². The Morgan fingerprint density at radius 2 is 1.54 bits per heavy atom. The number of imidazole rings is 1. The van der Waals surface area contributed by atoms with E-state index in [0.29, 0.717) is 47.2 Å². The van der Waals surface area contributed by atoms with E-state index in [1.807, 2.05) is 4.57 Å². The van der Waals surface area contributed by atoms with Gasteiger partial charge in [0.25, 0.3) is 0 Å². The molecule has 0 unspecified atom stereocenters. The Hall–Kier alpha value is -3.83. The average Bonchev–Trinajstić information content (AvgIpc) is 3.23. The minimum atomic E-state index is -1.01. The van der Waals surface area contributed by atoms with Gasteiger partial charge in [0.15, 0.2) is 11.6 Å². The molecule has 1 atom stereocenters. The molecule has 0 saturated carbocycles. The van der Waals surface area contributed by atoms with E-state index in [1.54, 1.807) is 17.0 Å². The maximum absolute atomic E-state index is 13.8. The number of nitrogens with zero attached hydrogens (tertiary/aromatic N) is 3. The number of nitrogens with two attached hydrogens (primary N) is 1. The second-order valence-corrected chi connectivity index (χ2v) is 8.43. The van der Waals surface area contributed by atoms with Crippen molar-refractivity contribution in [3.63, 3.8) is 0 Å².